The first-order valence-corrected chi connectivity index (χ1v) is 9.39. The van der Waals surface area contributed by atoms with Crippen molar-refractivity contribution >= 4 is 17.5 Å². The number of thiocarbonyl (C=S) groups is 1. The molecule has 8 nitrogen and oxygen atoms in total. The lowest BCUT2D eigenvalue weighted by Gasteiger charge is -2.26. The Labute approximate surface area is 170 Å². The van der Waals surface area contributed by atoms with Gasteiger partial charge in [0.15, 0.2) is 11.8 Å². The Morgan fingerprint density at radius 3 is 2.72 bits per heavy atom. The summed E-state index contributed by atoms with van der Waals surface area (Å²) in [4.78, 5) is 25.9. The van der Waals surface area contributed by atoms with Crippen molar-refractivity contribution in [3.63, 3.8) is 0 Å². The molecule has 4 rings (SSSR count). The summed E-state index contributed by atoms with van der Waals surface area (Å²) in [5.41, 5.74) is -2.90. The Bertz CT molecular complexity index is 1010. The van der Waals surface area contributed by atoms with Gasteiger partial charge in [-0.3, -0.25) is 14.3 Å². The van der Waals surface area contributed by atoms with Gasteiger partial charge in [0.25, 0.3) is 5.56 Å². The van der Waals surface area contributed by atoms with Crippen LogP contribution in [0, 0.1) is 0 Å². The third-order valence-electron chi connectivity index (χ3n) is 4.98. The summed E-state index contributed by atoms with van der Waals surface area (Å²) in [6, 6.07) is 10.6. The number of H-pyrrole nitrogens is 1. The lowest BCUT2D eigenvalue weighted by atomic mass is 9.91. The molecule has 10 heteroatoms. The van der Waals surface area contributed by atoms with E-state index in [0.717, 1.165) is 10.1 Å². The number of ether oxygens (including phenoxy) is 4. The number of nitrogens with zero attached hydrogens (tertiary/aromatic N) is 1. The lowest BCUT2D eigenvalue weighted by molar-refractivity contribution is -0.140. The first-order valence-electron chi connectivity index (χ1n) is 8.98. The topological polar surface area (TPSA) is 91.8 Å². The third kappa shape index (κ3) is 3.83. The predicted molar refractivity (Wildman–Crippen MR) is 103 cm³/mol. The summed E-state index contributed by atoms with van der Waals surface area (Å²) in [7, 11) is 0. The zero-order valence-corrected chi connectivity index (χ0v) is 16.2. The molecule has 2 aromatic rings. The van der Waals surface area contributed by atoms with Crippen LogP contribution in [0.4, 0.5) is 4.39 Å². The average Bonchev–Trinajstić information content (AvgIpc) is 3.23. The van der Waals surface area contributed by atoms with Crippen molar-refractivity contribution in [2.45, 2.75) is 30.5 Å². The molecule has 0 unspecified atom stereocenters. The van der Waals surface area contributed by atoms with E-state index in [-0.39, 0.29) is 31.5 Å². The van der Waals surface area contributed by atoms with E-state index in [2.05, 4.69) is 4.98 Å². The van der Waals surface area contributed by atoms with Crippen molar-refractivity contribution < 1.29 is 23.3 Å². The van der Waals surface area contributed by atoms with Crippen molar-refractivity contribution in [1.29, 1.82) is 0 Å². The predicted octanol–water partition coefficient (Wildman–Crippen LogP) is 1.45. The molecule has 2 fully saturated rings. The number of alkyl halides is 1. The maximum atomic E-state index is 14.2. The normalized spacial score (nSPS) is 28.4. The zero-order chi connectivity index (χ0) is 20.5. The fourth-order valence-corrected chi connectivity index (χ4v) is 3.91. The fourth-order valence-electron chi connectivity index (χ4n) is 3.69. The van der Waals surface area contributed by atoms with E-state index in [1.54, 1.807) is 0 Å². The van der Waals surface area contributed by atoms with E-state index < -0.39 is 35.4 Å². The van der Waals surface area contributed by atoms with Crippen molar-refractivity contribution in [3.05, 3.63) is 69.0 Å². The Morgan fingerprint density at radius 2 is 2.07 bits per heavy atom. The van der Waals surface area contributed by atoms with Gasteiger partial charge in [-0.05, 0) is 5.56 Å². The smallest absolute Gasteiger partial charge is 0.353 e. The van der Waals surface area contributed by atoms with Crippen LogP contribution in [0.15, 0.2) is 52.2 Å². The zero-order valence-electron chi connectivity index (χ0n) is 15.3. The average molecular weight is 422 g/mol. The van der Waals surface area contributed by atoms with Crippen LogP contribution in [0.1, 0.15) is 18.2 Å². The second-order valence-electron chi connectivity index (χ2n) is 7.16. The van der Waals surface area contributed by atoms with E-state index in [4.69, 9.17) is 31.2 Å². The van der Waals surface area contributed by atoms with Gasteiger partial charge in [0.05, 0.1) is 13.2 Å². The molecule has 2 saturated heterocycles. The van der Waals surface area contributed by atoms with E-state index >= 15 is 0 Å². The van der Waals surface area contributed by atoms with Crippen LogP contribution < -0.4 is 11.2 Å². The molecule has 0 aliphatic carbocycles. The molecule has 0 radical (unpaired) electrons. The largest absolute Gasteiger partial charge is 0.452 e. The minimum absolute atomic E-state index is 0.0114. The molecule has 29 heavy (non-hydrogen) atoms. The van der Waals surface area contributed by atoms with Crippen LogP contribution in [0.2, 0.25) is 0 Å². The minimum Gasteiger partial charge on any atom is -0.452 e. The summed E-state index contributed by atoms with van der Waals surface area (Å²) < 4.78 is 38.1. The van der Waals surface area contributed by atoms with Gasteiger partial charge in [-0.15, -0.1) is 0 Å². The molecule has 154 valence electrons. The Balaban J connectivity index is 1.60. The number of hydrogen-bond donors (Lipinski definition) is 1. The molecule has 0 bridgehead atoms. The molecular formula is C19H19FN2O6S. The van der Waals surface area contributed by atoms with E-state index in [9.17, 15) is 14.0 Å². The highest BCUT2D eigenvalue weighted by Gasteiger charge is 2.62. The molecule has 3 atom stereocenters. The molecular weight excluding hydrogens is 403 g/mol. The van der Waals surface area contributed by atoms with Gasteiger partial charge in [0, 0.05) is 30.9 Å². The Hall–Kier alpha value is -2.56. The standard InChI is InChI=1S/C19H19FN2O6S/c20-10-18(11-25-8-13-4-2-1-3-5-13)9-19(12-26-17(29)28-19)15(27-18)22-7-6-14(23)21-16(22)24/h1-7,15H,8-12H2,(H,21,23,24)/t15-,18-,19-/m1/s1. The van der Waals surface area contributed by atoms with E-state index in [0.29, 0.717) is 0 Å². The van der Waals surface area contributed by atoms with Gasteiger partial charge in [-0.1, -0.05) is 30.3 Å². The summed E-state index contributed by atoms with van der Waals surface area (Å²) in [6.07, 6.45) is 0.280. The van der Waals surface area contributed by atoms with Crippen molar-refractivity contribution in [3.8, 4) is 0 Å². The lowest BCUT2D eigenvalue weighted by Crippen LogP contribution is -2.43. The maximum Gasteiger partial charge on any atom is 0.353 e. The molecule has 3 heterocycles. The fraction of sp³-hybridized carbons (Fsp3) is 0.421. The molecule has 1 aromatic heterocycles. The monoisotopic (exact) mass is 422 g/mol. The highest BCUT2D eigenvalue weighted by molar-refractivity contribution is 7.79. The third-order valence-corrected chi connectivity index (χ3v) is 5.18. The molecule has 0 saturated carbocycles. The Morgan fingerprint density at radius 1 is 1.28 bits per heavy atom. The number of halogens is 1. The number of nitrogens with one attached hydrogen (secondary N) is 1. The van der Waals surface area contributed by atoms with Crippen molar-refractivity contribution in [1.82, 2.24) is 9.55 Å². The van der Waals surface area contributed by atoms with E-state index in [1.807, 2.05) is 30.3 Å². The van der Waals surface area contributed by atoms with Gasteiger partial charge in [0.1, 0.15) is 18.9 Å². The van der Waals surface area contributed by atoms with Crippen LogP contribution in [0.5, 0.6) is 0 Å². The highest BCUT2D eigenvalue weighted by atomic mass is 32.1. The highest BCUT2D eigenvalue weighted by Crippen LogP contribution is 2.49. The van der Waals surface area contributed by atoms with Gasteiger partial charge < -0.3 is 18.9 Å². The quantitative estimate of drug-likeness (QED) is 0.705. The Kier molecular flexibility index (Phi) is 5.24. The maximum absolute atomic E-state index is 14.2. The molecule has 1 aromatic carbocycles. The SMILES string of the molecule is O=c1ccn([C@@H]2O[C@](CF)(COCc3ccccc3)C[C@@]23COC(=S)O3)c(=O)[nH]1. The van der Waals surface area contributed by atoms with Crippen LogP contribution in [0.25, 0.3) is 0 Å². The van der Waals surface area contributed by atoms with Crippen molar-refractivity contribution in [2.75, 3.05) is 19.9 Å². The van der Waals surface area contributed by atoms with Gasteiger partial charge in [0.2, 0.25) is 0 Å². The van der Waals surface area contributed by atoms with Crippen LogP contribution >= 0.6 is 12.2 Å². The summed E-state index contributed by atoms with van der Waals surface area (Å²) in [5.74, 6) is 0. The second kappa shape index (κ2) is 7.69. The van der Waals surface area contributed by atoms with Crippen LogP contribution in [-0.4, -0.2) is 45.9 Å². The molecule has 1 N–H and O–H groups in total. The molecule has 2 aliphatic heterocycles. The summed E-state index contributed by atoms with van der Waals surface area (Å²) in [5, 5.41) is -0.101. The van der Waals surface area contributed by atoms with Crippen LogP contribution in [-0.2, 0) is 25.6 Å². The summed E-state index contributed by atoms with van der Waals surface area (Å²) >= 11 is 4.98. The number of aromatic nitrogens is 2. The molecule has 1 spiro atoms. The van der Waals surface area contributed by atoms with Crippen LogP contribution in [0.3, 0.4) is 0 Å². The first kappa shape index (κ1) is 19.7. The van der Waals surface area contributed by atoms with Crippen molar-refractivity contribution in [2.24, 2.45) is 0 Å². The summed E-state index contributed by atoms with van der Waals surface area (Å²) in [6.45, 7) is -0.667. The van der Waals surface area contributed by atoms with Gasteiger partial charge in [-0.25, -0.2) is 9.18 Å². The number of benzene rings is 1. The number of hydrogen-bond acceptors (Lipinski definition) is 7. The van der Waals surface area contributed by atoms with Gasteiger partial charge in [-0.2, -0.15) is 0 Å². The number of rotatable bonds is 6. The molecule has 2 aliphatic rings. The van der Waals surface area contributed by atoms with Gasteiger partial charge >= 0.3 is 10.9 Å². The second-order valence-corrected chi connectivity index (χ2v) is 7.50. The minimum atomic E-state index is -1.36. The number of aromatic amines is 1. The first-order chi connectivity index (χ1) is 14.0. The van der Waals surface area contributed by atoms with E-state index in [1.165, 1.54) is 12.3 Å². The molecule has 0 amide bonds.